The summed E-state index contributed by atoms with van der Waals surface area (Å²) in [5.74, 6) is 1.07. The first kappa shape index (κ1) is 18.1. The minimum Gasteiger partial charge on any atom is -0.494 e. The zero-order valence-corrected chi connectivity index (χ0v) is 14.1. The second-order valence-electron chi connectivity index (χ2n) is 4.85. The molecular weight excluding hydrogens is 324 g/mol. The molecule has 2 aromatic carbocycles. The molecule has 7 nitrogen and oxygen atoms in total. The zero-order chi connectivity index (χ0) is 18.1. The highest BCUT2D eigenvalue weighted by Gasteiger charge is 2.06. The van der Waals surface area contributed by atoms with Crippen molar-refractivity contribution in [3.63, 3.8) is 0 Å². The van der Waals surface area contributed by atoms with Crippen LogP contribution >= 0.6 is 0 Å². The molecule has 0 radical (unpaired) electrons. The number of amides is 2. The maximum atomic E-state index is 12.0. The first-order valence-electron chi connectivity index (χ1n) is 7.86. The Morgan fingerprint density at radius 3 is 1.80 bits per heavy atom. The van der Waals surface area contributed by atoms with Crippen LogP contribution in [-0.4, -0.2) is 25.4 Å². The van der Waals surface area contributed by atoms with Crippen LogP contribution in [0.25, 0.3) is 0 Å². The van der Waals surface area contributed by atoms with Crippen molar-refractivity contribution in [2.45, 2.75) is 13.8 Å². The van der Waals surface area contributed by atoms with Crippen LogP contribution in [0.15, 0.2) is 48.5 Å². The first-order chi connectivity index (χ1) is 12.1. The van der Waals surface area contributed by atoms with Crippen molar-refractivity contribution < 1.29 is 23.8 Å². The predicted octanol–water partition coefficient (Wildman–Crippen LogP) is 4.26. The summed E-state index contributed by atoms with van der Waals surface area (Å²) in [5, 5.41) is 5.40. The molecule has 0 saturated heterocycles. The maximum Gasteiger partial charge on any atom is 0.513 e. The van der Waals surface area contributed by atoms with Gasteiger partial charge >= 0.3 is 12.2 Å². The van der Waals surface area contributed by atoms with Gasteiger partial charge in [0.15, 0.2) is 0 Å². The Bertz CT molecular complexity index is 698. The SMILES string of the molecule is CCOC(=O)Oc1ccc(NC(=O)Nc2ccc(OCC)cc2)cc1. The lowest BCUT2D eigenvalue weighted by Crippen LogP contribution is -2.19. The third-order valence-electron chi connectivity index (χ3n) is 3.00. The summed E-state index contributed by atoms with van der Waals surface area (Å²) in [6.45, 7) is 4.42. The van der Waals surface area contributed by atoms with Crippen molar-refractivity contribution in [2.75, 3.05) is 23.8 Å². The average Bonchev–Trinajstić information content (AvgIpc) is 2.59. The van der Waals surface area contributed by atoms with E-state index in [0.717, 1.165) is 5.75 Å². The molecule has 2 aromatic rings. The van der Waals surface area contributed by atoms with Crippen molar-refractivity contribution in [3.05, 3.63) is 48.5 Å². The lowest BCUT2D eigenvalue weighted by Gasteiger charge is -2.09. The number of carbonyl (C=O) groups excluding carboxylic acids is 2. The van der Waals surface area contributed by atoms with Gasteiger partial charge in [-0.1, -0.05) is 0 Å². The molecule has 0 unspecified atom stereocenters. The molecule has 0 aliphatic rings. The molecule has 0 aromatic heterocycles. The normalized spacial score (nSPS) is 9.84. The Balaban J connectivity index is 1.86. The highest BCUT2D eigenvalue weighted by molar-refractivity contribution is 5.99. The fourth-order valence-corrected chi connectivity index (χ4v) is 1.94. The van der Waals surface area contributed by atoms with E-state index < -0.39 is 6.16 Å². The number of benzene rings is 2. The maximum absolute atomic E-state index is 12.0. The molecule has 0 saturated carbocycles. The summed E-state index contributed by atoms with van der Waals surface area (Å²) < 4.78 is 15.0. The monoisotopic (exact) mass is 344 g/mol. The second-order valence-corrected chi connectivity index (χ2v) is 4.85. The van der Waals surface area contributed by atoms with Gasteiger partial charge in [0.2, 0.25) is 0 Å². The van der Waals surface area contributed by atoms with E-state index in [0.29, 0.717) is 23.7 Å². The number of nitrogens with one attached hydrogen (secondary N) is 2. The van der Waals surface area contributed by atoms with E-state index >= 15 is 0 Å². The Labute approximate surface area is 145 Å². The van der Waals surface area contributed by atoms with Crippen LogP contribution in [0.2, 0.25) is 0 Å². The standard InChI is InChI=1S/C18H20N2O5/c1-3-23-15-9-5-13(6-10-15)19-17(21)20-14-7-11-16(12-8-14)25-18(22)24-4-2/h5-12H,3-4H2,1-2H3,(H2,19,20,21). The first-order valence-corrected chi connectivity index (χ1v) is 7.86. The van der Waals surface area contributed by atoms with Crippen LogP contribution in [0.4, 0.5) is 21.0 Å². The minimum atomic E-state index is -0.767. The van der Waals surface area contributed by atoms with Gasteiger partial charge in [-0.2, -0.15) is 0 Å². The van der Waals surface area contributed by atoms with Crippen molar-refractivity contribution in [1.82, 2.24) is 0 Å². The second kappa shape index (κ2) is 9.17. The van der Waals surface area contributed by atoms with E-state index in [1.807, 2.05) is 6.92 Å². The molecule has 0 fully saturated rings. The number of hydrogen-bond donors (Lipinski definition) is 2. The Hall–Kier alpha value is -3.22. The molecule has 2 N–H and O–H groups in total. The molecule has 0 aliphatic carbocycles. The van der Waals surface area contributed by atoms with Gasteiger partial charge in [0, 0.05) is 11.4 Å². The third-order valence-corrected chi connectivity index (χ3v) is 3.00. The average molecular weight is 344 g/mol. The van der Waals surface area contributed by atoms with Gasteiger partial charge in [-0.3, -0.25) is 0 Å². The Kier molecular flexibility index (Phi) is 6.65. The quantitative estimate of drug-likeness (QED) is 0.604. The van der Waals surface area contributed by atoms with Crippen LogP contribution in [0.3, 0.4) is 0 Å². The summed E-state index contributed by atoms with van der Waals surface area (Å²) >= 11 is 0. The van der Waals surface area contributed by atoms with Gasteiger partial charge in [0.05, 0.1) is 13.2 Å². The summed E-state index contributed by atoms with van der Waals surface area (Å²) in [4.78, 5) is 23.2. The van der Waals surface area contributed by atoms with Crippen LogP contribution in [0, 0.1) is 0 Å². The number of rotatable bonds is 6. The summed E-state index contributed by atoms with van der Waals surface area (Å²) in [6, 6.07) is 13.0. The highest BCUT2D eigenvalue weighted by Crippen LogP contribution is 2.18. The molecule has 132 valence electrons. The number of hydrogen-bond acceptors (Lipinski definition) is 5. The fraction of sp³-hybridized carbons (Fsp3) is 0.222. The van der Waals surface area contributed by atoms with Gasteiger partial charge in [-0.05, 0) is 62.4 Å². The Morgan fingerprint density at radius 1 is 0.800 bits per heavy atom. The number of anilines is 2. The van der Waals surface area contributed by atoms with Gasteiger partial charge in [-0.25, -0.2) is 9.59 Å². The van der Waals surface area contributed by atoms with Gasteiger partial charge < -0.3 is 24.8 Å². The summed E-state index contributed by atoms with van der Waals surface area (Å²) in [6.07, 6.45) is -0.767. The van der Waals surface area contributed by atoms with E-state index in [1.54, 1.807) is 55.5 Å². The molecule has 2 amide bonds. The molecule has 25 heavy (non-hydrogen) atoms. The highest BCUT2D eigenvalue weighted by atomic mass is 16.7. The van der Waals surface area contributed by atoms with Gasteiger partial charge in [0.1, 0.15) is 11.5 Å². The van der Waals surface area contributed by atoms with E-state index in [9.17, 15) is 9.59 Å². The van der Waals surface area contributed by atoms with E-state index in [4.69, 9.17) is 9.47 Å². The van der Waals surface area contributed by atoms with Crippen molar-refractivity contribution in [1.29, 1.82) is 0 Å². The van der Waals surface area contributed by atoms with Crippen LogP contribution in [-0.2, 0) is 4.74 Å². The van der Waals surface area contributed by atoms with Crippen LogP contribution in [0.1, 0.15) is 13.8 Å². The van der Waals surface area contributed by atoms with Crippen LogP contribution in [0.5, 0.6) is 11.5 Å². The lowest BCUT2D eigenvalue weighted by atomic mass is 10.3. The molecular formula is C18H20N2O5. The van der Waals surface area contributed by atoms with Crippen molar-refractivity contribution in [3.8, 4) is 11.5 Å². The van der Waals surface area contributed by atoms with Crippen molar-refractivity contribution >= 4 is 23.6 Å². The fourth-order valence-electron chi connectivity index (χ4n) is 1.94. The molecule has 0 heterocycles. The van der Waals surface area contributed by atoms with Gasteiger partial charge in [-0.15, -0.1) is 0 Å². The number of urea groups is 1. The topological polar surface area (TPSA) is 85.9 Å². The largest absolute Gasteiger partial charge is 0.513 e. The molecule has 0 spiro atoms. The summed E-state index contributed by atoms with van der Waals surface area (Å²) in [5.41, 5.74) is 1.20. The van der Waals surface area contributed by atoms with E-state index in [-0.39, 0.29) is 12.6 Å². The van der Waals surface area contributed by atoms with Crippen molar-refractivity contribution in [2.24, 2.45) is 0 Å². The zero-order valence-electron chi connectivity index (χ0n) is 14.1. The van der Waals surface area contributed by atoms with Crippen LogP contribution < -0.4 is 20.1 Å². The smallest absolute Gasteiger partial charge is 0.494 e. The summed E-state index contributed by atoms with van der Waals surface area (Å²) in [7, 11) is 0. The molecule has 0 atom stereocenters. The van der Waals surface area contributed by atoms with Gasteiger partial charge in [0.25, 0.3) is 0 Å². The number of ether oxygens (including phenoxy) is 3. The van der Waals surface area contributed by atoms with E-state index in [1.165, 1.54) is 0 Å². The predicted molar refractivity (Wildman–Crippen MR) is 94.3 cm³/mol. The molecule has 0 bridgehead atoms. The third kappa shape index (κ3) is 6.06. The Morgan fingerprint density at radius 2 is 1.32 bits per heavy atom. The molecule has 2 rings (SSSR count). The minimum absolute atomic E-state index is 0.240. The number of carbonyl (C=O) groups is 2. The molecule has 0 aliphatic heterocycles. The van der Waals surface area contributed by atoms with E-state index in [2.05, 4.69) is 15.4 Å². The molecule has 7 heteroatoms. The lowest BCUT2D eigenvalue weighted by molar-refractivity contribution is 0.104.